The van der Waals surface area contributed by atoms with Gasteiger partial charge in [0.05, 0.1) is 5.69 Å². The van der Waals surface area contributed by atoms with Gasteiger partial charge in [0.2, 0.25) is 0 Å². The van der Waals surface area contributed by atoms with Gasteiger partial charge in [0.25, 0.3) is 11.8 Å². The van der Waals surface area contributed by atoms with Crippen LogP contribution in [0.5, 0.6) is 17.2 Å². The quantitative estimate of drug-likeness (QED) is 0.314. The first kappa shape index (κ1) is 22.9. The number of Topliss-reactive ketones (excluding diaryl/α,β-unsaturated/α-hetero) is 1. The summed E-state index contributed by atoms with van der Waals surface area (Å²) in [4.78, 5) is 38.0. The monoisotopic (exact) mass is 472 g/mol. The van der Waals surface area contributed by atoms with Crippen molar-refractivity contribution >= 4 is 46.7 Å². The lowest BCUT2D eigenvalue weighted by Crippen LogP contribution is -2.54. The SMILES string of the molecule is CC(=O)COc1ccc(/C=C2\C(=O)NC(=S)N(c3ccc(Oc4ccccc4)cc3)C2=O)cc1. The molecule has 0 atom stereocenters. The minimum atomic E-state index is -0.577. The molecule has 1 saturated heterocycles. The van der Waals surface area contributed by atoms with Crippen LogP contribution in [0.2, 0.25) is 0 Å². The second-order valence-electron chi connectivity index (χ2n) is 7.43. The summed E-state index contributed by atoms with van der Waals surface area (Å²) in [6, 6.07) is 22.9. The summed E-state index contributed by atoms with van der Waals surface area (Å²) in [5.74, 6) is 0.588. The number of carbonyl (C=O) groups excluding carboxylic acids is 3. The van der Waals surface area contributed by atoms with Gasteiger partial charge < -0.3 is 9.47 Å². The van der Waals surface area contributed by atoms with Crippen molar-refractivity contribution < 1.29 is 23.9 Å². The molecule has 170 valence electrons. The molecule has 1 aliphatic rings. The Balaban J connectivity index is 1.53. The fourth-order valence-corrected chi connectivity index (χ4v) is 3.47. The van der Waals surface area contributed by atoms with E-state index in [9.17, 15) is 14.4 Å². The van der Waals surface area contributed by atoms with E-state index in [0.717, 1.165) is 0 Å². The Labute approximate surface area is 201 Å². The summed E-state index contributed by atoms with van der Waals surface area (Å²) >= 11 is 5.26. The second kappa shape index (κ2) is 10.1. The predicted molar refractivity (Wildman–Crippen MR) is 132 cm³/mol. The van der Waals surface area contributed by atoms with Crippen LogP contribution in [0, 0.1) is 0 Å². The van der Waals surface area contributed by atoms with Gasteiger partial charge in [-0.1, -0.05) is 30.3 Å². The highest BCUT2D eigenvalue weighted by Crippen LogP contribution is 2.27. The number of benzene rings is 3. The maximum Gasteiger partial charge on any atom is 0.270 e. The maximum atomic E-state index is 13.2. The number of nitrogens with zero attached hydrogens (tertiary/aromatic N) is 1. The Bertz CT molecular complexity index is 1270. The molecule has 0 radical (unpaired) electrons. The van der Waals surface area contributed by atoms with Crippen LogP contribution in [0.1, 0.15) is 12.5 Å². The van der Waals surface area contributed by atoms with Crippen LogP contribution < -0.4 is 19.7 Å². The van der Waals surface area contributed by atoms with Gasteiger partial charge in [-0.25, -0.2) is 0 Å². The number of para-hydroxylation sites is 1. The lowest BCUT2D eigenvalue weighted by molar-refractivity contribution is -0.122. The Hall–Kier alpha value is -4.30. The van der Waals surface area contributed by atoms with Gasteiger partial charge in [-0.05, 0) is 79.3 Å². The number of rotatable bonds is 7. The van der Waals surface area contributed by atoms with Gasteiger partial charge in [-0.2, -0.15) is 0 Å². The van der Waals surface area contributed by atoms with E-state index in [-0.39, 0.29) is 23.1 Å². The molecule has 34 heavy (non-hydrogen) atoms. The van der Waals surface area contributed by atoms with Crippen LogP contribution in [-0.2, 0) is 14.4 Å². The van der Waals surface area contributed by atoms with E-state index in [2.05, 4.69) is 5.32 Å². The second-order valence-corrected chi connectivity index (χ2v) is 7.81. The molecule has 0 bridgehead atoms. The first-order valence-electron chi connectivity index (χ1n) is 10.4. The van der Waals surface area contributed by atoms with Crippen molar-refractivity contribution in [2.75, 3.05) is 11.5 Å². The third-order valence-electron chi connectivity index (χ3n) is 4.81. The molecule has 1 N–H and O–H groups in total. The highest BCUT2D eigenvalue weighted by atomic mass is 32.1. The number of ether oxygens (including phenoxy) is 2. The van der Waals surface area contributed by atoms with Crippen molar-refractivity contribution in [3.63, 3.8) is 0 Å². The van der Waals surface area contributed by atoms with Crippen molar-refractivity contribution in [2.45, 2.75) is 6.92 Å². The minimum Gasteiger partial charge on any atom is -0.486 e. The highest BCUT2D eigenvalue weighted by Gasteiger charge is 2.34. The third-order valence-corrected chi connectivity index (χ3v) is 5.09. The molecule has 3 aromatic carbocycles. The molecule has 4 rings (SSSR count). The zero-order chi connectivity index (χ0) is 24.1. The molecule has 8 heteroatoms. The predicted octanol–water partition coefficient (Wildman–Crippen LogP) is 4.28. The Morgan fingerprint density at radius 1 is 0.912 bits per heavy atom. The van der Waals surface area contributed by atoms with Gasteiger partial charge in [-0.15, -0.1) is 0 Å². The van der Waals surface area contributed by atoms with E-state index < -0.39 is 11.8 Å². The lowest BCUT2D eigenvalue weighted by atomic mass is 10.1. The summed E-state index contributed by atoms with van der Waals surface area (Å²) in [6.45, 7) is 1.41. The third kappa shape index (κ3) is 5.36. The molecule has 0 spiro atoms. The minimum absolute atomic E-state index is 0.00291. The van der Waals surface area contributed by atoms with Crippen molar-refractivity contribution in [2.24, 2.45) is 0 Å². The molecule has 7 nitrogen and oxygen atoms in total. The standard InChI is InChI=1S/C26H20N2O5S/c1-17(29)16-32-20-11-7-18(8-12-20)15-23-24(30)27-26(34)28(25(23)31)19-9-13-22(14-10-19)33-21-5-3-2-4-6-21/h2-15H,16H2,1H3,(H,27,30,34)/b23-15+. The van der Waals surface area contributed by atoms with Crippen LogP contribution in [0.25, 0.3) is 6.08 Å². The molecule has 1 fully saturated rings. The average molecular weight is 473 g/mol. The van der Waals surface area contributed by atoms with Gasteiger partial charge >= 0.3 is 0 Å². The van der Waals surface area contributed by atoms with Gasteiger partial charge in [0, 0.05) is 0 Å². The van der Waals surface area contributed by atoms with E-state index in [1.165, 1.54) is 17.9 Å². The van der Waals surface area contributed by atoms with Gasteiger partial charge in [-0.3, -0.25) is 24.6 Å². The van der Waals surface area contributed by atoms with Crippen LogP contribution in [0.4, 0.5) is 5.69 Å². The van der Waals surface area contributed by atoms with Crippen LogP contribution in [0.3, 0.4) is 0 Å². The Morgan fingerprint density at radius 2 is 1.53 bits per heavy atom. The van der Waals surface area contributed by atoms with Crippen molar-refractivity contribution in [3.05, 3.63) is 90.0 Å². The van der Waals surface area contributed by atoms with E-state index in [4.69, 9.17) is 21.7 Å². The molecular weight excluding hydrogens is 452 g/mol. The van der Waals surface area contributed by atoms with Gasteiger partial charge in [0.1, 0.15) is 29.4 Å². The number of hydrogen-bond acceptors (Lipinski definition) is 6. The fraction of sp³-hybridized carbons (Fsp3) is 0.0769. The summed E-state index contributed by atoms with van der Waals surface area (Å²) in [5, 5.41) is 2.56. The van der Waals surface area contributed by atoms with E-state index in [0.29, 0.717) is 28.5 Å². The fourth-order valence-electron chi connectivity index (χ4n) is 3.19. The average Bonchev–Trinajstić information content (AvgIpc) is 2.83. The number of anilines is 1. The number of amides is 2. The summed E-state index contributed by atoms with van der Waals surface area (Å²) in [6.07, 6.45) is 1.48. The number of hydrogen-bond donors (Lipinski definition) is 1. The molecule has 0 unspecified atom stereocenters. The summed E-state index contributed by atoms with van der Waals surface area (Å²) in [5.41, 5.74) is 1.05. The maximum absolute atomic E-state index is 13.2. The van der Waals surface area contributed by atoms with Crippen LogP contribution in [-0.4, -0.2) is 29.3 Å². The number of thiocarbonyl (C=S) groups is 1. The first-order chi connectivity index (χ1) is 16.4. The highest BCUT2D eigenvalue weighted by molar-refractivity contribution is 7.80. The molecule has 0 aromatic heterocycles. The van der Waals surface area contributed by atoms with Crippen molar-refractivity contribution in [1.82, 2.24) is 5.32 Å². The zero-order valence-corrected chi connectivity index (χ0v) is 19.0. The molecule has 0 saturated carbocycles. The largest absolute Gasteiger partial charge is 0.486 e. The topological polar surface area (TPSA) is 84.9 Å². The van der Waals surface area contributed by atoms with Crippen LogP contribution >= 0.6 is 12.2 Å². The summed E-state index contributed by atoms with van der Waals surface area (Å²) in [7, 11) is 0. The van der Waals surface area contributed by atoms with Crippen molar-refractivity contribution in [1.29, 1.82) is 0 Å². The molecule has 2 amide bonds. The lowest BCUT2D eigenvalue weighted by Gasteiger charge is -2.29. The Morgan fingerprint density at radius 3 is 2.18 bits per heavy atom. The van der Waals surface area contributed by atoms with E-state index in [1.807, 2.05) is 30.3 Å². The number of ketones is 1. The Kier molecular flexibility index (Phi) is 6.79. The smallest absolute Gasteiger partial charge is 0.270 e. The summed E-state index contributed by atoms with van der Waals surface area (Å²) < 4.78 is 11.1. The molecular formula is C26H20N2O5S. The first-order valence-corrected chi connectivity index (χ1v) is 10.8. The molecule has 3 aromatic rings. The molecule has 1 aliphatic heterocycles. The van der Waals surface area contributed by atoms with Gasteiger partial charge in [0.15, 0.2) is 10.9 Å². The van der Waals surface area contributed by atoms with Crippen LogP contribution in [0.15, 0.2) is 84.4 Å². The molecule has 1 heterocycles. The van der Waals surface area contributed by atoms with Crippen molar-refractivity contribution in [3.8, 4) is 17.2 Å². The number of nitrogens with one attached hydrogen (secondary N) is 1. The normalized spacial score (nSPS) is 14.7. The number of carbonyl (C=O) groups is 3. The zero-order valence-electron chi connectivity index (χ0n) is 18.2. The van der Waals surface area contributed by atoms with E-state index in [1.54, 1.807) is 48.5 Å². The van der Waals surface area contributed by atoms with E-state index >= 15 is 0 Å². The molecule has 0 aliphatic carbocycles.